The third-order valence-electron chi connectivity index (χ3n) is 5.08. The molecule has 2 aliphatic heterocycles. The van der Waals surface area contributed by atoms with Crippen molar-refractivity contribution in [1.82, 2.24) is 15.5 Å². The molecule has 0 radical (unpaired) electrons. The summed E-state index contributed by atoms with van der Waals surface area (Å²) >= 11 is 0. The molecule has 0 saturated carbocycles. The molecule has 2 aliphatic rings. The lowest BCUT2D eigenvalue weighted by Gasteiger charge is -2.30. The Hall–Kier alpha value is -1.67. The van der Waals surface area contributed by atoms with Crippen molar-refractivity contribution >= 4 is 17.8 Å². The number of carboxylic acid groups (broad SMARTS) is 1. The van der Waals surface area contributed by atoms with Gasteiger partial charge in [-0.2, -0.15) is 0 Å². The van der Waals surface area contributed by atoms with Crippen molar-refractivity contribution in [3.63, 3.8) is 0 Å². The third kappa shape index (κ3) is 4.94. The summed E-state index contributed by atoms with van der Waals surface area (Å²) < 4.78 is 5.37. The summed E-state index contributed by atoms with van der Waals surface area (Å²) in [6.07, 6.45) is 0.903. The number of carboxylic acids is 1. The minimum Gasteiger partial charge on any atom is -0.480 e. The molecule has 0 aliphatic carbocycles. The summed E-state index contributed by atoms with van der Waals surface area (Å²) in [5.74, 6) is -1.28. The average Bonchev–Trinajstić information content (AvgIpc) is 3.20. The van der Waals surface area contributed by atoms with Crippen LogP contribution < -0.4 is 10.6 Å². The second-order valence-corrected chi connectivity index (χ2v) is 7.68. The highest BCUT2D eigenvalue weighted by Crippen LogP contribution is 2.23. The lowest BCUT2D eigenvalue weighted by atomic mass is 9.97. The number of nitrogens with zero attached hydrogens (tertiary/aromatic N) is 1. The van der Waals surface area contributed by atoms with E-state index in [0.29, 0.717) is 31.7 Å². The summed E-state index contributed by atoms with van der Waals surface area (Å²) in [6.45, 7) is 9.12. The summed E-state index contributed by atoms with van der Waals surface area (Å²) in [5, 5.41) is 15.3. The number of carbonyl (C=O) groups is 3. The number of amides is 2. The zero-order valence-corrected chi connectivity index (χ0v) is 16.0. The molecular weight excluding hydrogens is 338 g/mol. The van der Waals surface area contributed by atoms with Crippen molar-refractivity contribution in [2.45, 2.75) is 71.4 Å². The standard InChI is InChI=1S/C18H31N3O5/c1-5-11(4)13(17(23)21-8-6-7-12(21)18(24)25)20-15(22)14-16(26-14)19-9-10(2)3/h10-14,16,19H,5-9H2,1-4H3,(H,20,22)(H,24,25)/t11?,12-,13+,14?,16?/m1/s1. The van der Waals surface area contributed by atoms with E-state index in [9.17, 15) is 19.5 Å². The Kier molecular flexibility index (Phi) is 7.00. The second kappa shape index (κ2) is 8.81. The van der Waals surface area contributed by atoms with Crippen molar-refractivity contribution in [3.05, 3.63) is 0 Å². The van der Waals surface area contributed by atoms with Gasteiger partial charge in [-0.15, -0.1) is 0 Å². The van der Waals surface area contributed by atoms with E-state index in [0.717, 1.165) is 6.54 Å². The minimum atomic E-state index is -0.992. The van der Waals surface area contributed by atoms with Crippen LogP contribution in [-0.4, -0.2) is 65.3 Å². The van der Waals surface area contributed by atoms with E-state index in [-0.39, 0.29) is 24.0 Å². The molecule has 2 saturated heterocycles. The van der Waals surface area contributed by atoms with Crippen LogP contribution in [0.15, 0.2) is 0 Å². The molecule has 148 valence electrons. The first-order valence-electron chi connectivity index (χ1n) is 9.48. The Morgan fingerprint density at radius 3 is 2.54 bits per heavy atom. The molecule has 2 fully saturated rings. The van der Waals surface area contributed by atoms with E-state index in [4.69, 9.17) is 4.74 Å². The summed E-state index contributed by atoms with van der Waals surface area (Å²) in [5.41, 5.74) is 0. The first-order chi connectivity index (χ1) is 12.3. The maximum atomic E-state index is 12.9. The monoisotopic (exact) mass is 369 g/mol. The number of nitrogens with one attached hydrogen (secondary N) is 2. The molecule has 0 spiro atoms. The maximum Gasteiger partial charge on any atom is 0.326 e. The molecular formula is C18H31N3O5. The number of epoxide rings is 1. The molecule has 26 heavy (non-hydrogen) atoms. The Morgan fingerprint density at radius 2 is 1.96 bits per heavy atom. The van der Waals surface area contributed by atoms with Crippen LogP contribution in [0.25, 0.3) is 0 Å². The van der Waals surface area contributed by atoms with Gasteiger partial charge in [0.25, 0.3) is 5.91 Å². The van der Waals surface area contributed by atoms with Crippen molar-refractivity contribution in [3.8, 4) is 0 Å². The number of hydrogen-bond acceptors (Lipinski definition) is 5. The normalized spacial score (nSPS) is 27.3. The van der Waals surface area contributed by atoms with Gasteiger partial charge in [0.2, 0.25) is 5.91 Å². The molecule has 3 N–H and O–H groups in total. The Morgan fingerprint density at radius 1 is 1.27 bits per heavy atom. The zero-order chi connectivity index (χ0) is 19.4. The van der Waals surface area contributed by atoms with Gasteiger partial charge in [-0.1, -0.05) is 34.1 Å². The van der Waals surface area contributed by atoms with E-state index < -0.39 is 24.2 Å². The maximum absolute atomic E-state index is 12.9. The number of aliphatic carboxylic acids is 1. The van der Waals surface area contributed by atoms with Crippen LogP contribution in [0.1, 0.15) is 47.0 Å². The molecule has 0 aromatic rings. The number of carbonyl (C=O) groups excluding carboxylic acids is 2. The second-order valence-electron chi connectivity index (χ2n) is 7.68. The van der Waals surface area contributed by atoms with Gasteiger partial charge in [0.15, 0.2) is 6.10 Å². The van der Waals surface area contributed by atoms with Crippen molar-refractivity contribution in [2.24, 2.45) is 11.8 Å². The Balaban J connectivity index is 1.98. The van der Waals surface area contributed by atoms with Crippen LogP contribution in [0.2, 0.25) is 0 Å². The van der Waals surface area contributed by atoms with Crippen molar-refractivity contribution < 1.29 is 24.2 Å². The molecule has 2 amide bonds. The van der Waals surface area contributed by atoms with Gasteiger partial charge in [-0.05, 0) is 31.2 Å². The van der Waals surface area contributed by atoms with E-state index in [1.807, 2.05) is 13.8 Å². The topological polar surface area (TPSA) is 111 Å². The molecule has 2 heterocycles. The van der Waals surface area contributed by atoms with Gasteiger partial charge in [0.1, 0.15) is 18.3 Å². The fraction of sp³-hybridized carbons (Fsp3) is 0.833. The van der Waals surface area contributed by atoms with Crippen LogP contribution in [-0.2, 0) is 19.1 Å². The van der Waals surface area contributed by atoms with Crippen LogP contribution in [0.5, 0.6) is 0 Å². The number of likely N-dealkylation sites (tertiary alicyclic amines) is 1. The molecule has 8 heteroatoms. The Bertz CT molecular complexity index is 539. The average molecular weight is 369 g/mol. The smallest absolute Gasteiger partial charge is 0.326 e. The van der Waals surface area contributed by atoms with Gasteiger partial charge in [0, 0.05) is 6.54 Å². The summed E-state index contributed by atoms with van der Waals surface area (Å²) in [6, 6.07) is -1.54. The van der Waals surface area contributed by atoms with Gasteiger partial charge in [-0.25, -0.2) is 4.79 Å². The molecule has 5 atom stereocenters. The lowest BCUT2D eigenvalue weighted by molar-refractivity contribution is -0.150. The van der Waals surface area contributed by atoms with Gasteiger partial charge in [-0.3, -0.25) is 14.9 Å². The molecule has 3 unspecified atom stereocenters. The van der Waals surface area contributed by atoms with E-state index >= 15 is 0 Å². The number of rotatable bonds is 9. The van der Waals surface area contributed by atoms with Gasteiger partial charge in [0.05, 0.1) is 0 Å². The van der Waals surface area contributed by atoms with E-state index in [1.165, 1.54) is 4.90 Å². The van der Waals surface area contributed by atoms with Gasteiger partial charge < -0.3 is 20.1 Å². The number of hydrogen-bond donors (Lipinski definition) is 3. The first kappa shape index (κ1) is 20.6. The highest BCUT2D eigenvalue weighted by molar-refractivity contribution is 5.92. The SMILES string of the molecule is CCC(C)[C@H](NC(=O)C1OC1NCC(C)C)C(=O)N1CCC[C@@H]1C(=O)O. The molecule has 8 nitrogen and oxygen atoms in total. The molecule has 0 bridgehead atoms. The van der Waals surface area contributed by atoms with Crippen molar-refractivity contribution in [2.75, 3.05) is 13.1 Å². The predicted molar refractivity (Wildman–Crippen MR) is 95.3 cm³/mol. The first-order valence-corrected chi connectivity index (χ1v) is 9.48. The van der Waals surface area contributed by atoms with Crippen LogP contribution in [0.3, 0.4) is 0 Å². The quantitative estimate of drug-likeness (QED) is 0.512. The summed E-state index contributed by atoms with van der Waals surface area (Å²) in [4.78, 5) is 38.2. The highest BCUT2D eigenvalue weighted by atomic mass is 16.6. The van der Waals surface area contributed by atoms with Crippen LogP contribution >= 0.6 is 0 Å². The van der Waals surface area contributed by atoms with Crippen molar-refractivity contribution in [1.29, 1.82) is 0 Å². The third-order valence-corrected chi connectivity index (χ3v) is 5.08. The summed E-state index contributed by atoms with van der Waals surface area (Å²) in [7, 11) is 0. The molecule has 0 aromatic heterocycles. The lowest BCUT2D eigenvalue weighted by Crippen LogP contribution is -2.55. The molecule has 0 aromatic carbocycles. The fourth-order valence-electron chi connectivity index (χ4n) is 3.20. The molecule has 2 rings (SSSR count). The highest BCUT2D eigenvalue weighted by Gasteiger charge is 2.47. The fourth-order valence-corrected chi connectivity index (χ4v) is 3.20. The van der Waals surface area contributed by atoms with Crippen LogP contribution in [0.4, 0.5) is 0 Å². The van der Waals surface area contributed by atoms with E-state index in [1.54, 1.807) is 0 Å². The Labute approximate surface area is 154 Å². The number of ether oxygens (including phenoxy) is 1. The largest absolute Gasteiger partial charge is 0.480 e. The zero-order valence-electron chi connectivity index (χ0n) is 16.0. The van der Waals surface area contributed by atoms with Gasteiger partial charge >= 0.3 is 5.97 Å². The predicted octanol–water partition coefficient (Wildman–Crippen LogP) is 0.563. The van der Waals surface area contributed by atoms with E-state index in [2.05, 4.69) is 24.5 Å². The van der Waals surface area contributed by atoms with Crippen LogP contribution in [0, 0.1) is 11.8 Å². The minimum absolute atomic E-state index is 0.0951.